The Labute approximate surface area is 116 Å². The summed E-state index contributed by atoms with van der Waals surface area (Å²) in [7, 11) is -1.94. The Hall–Kier alpha value is -0.950. The van der Waals surface area contributed by atoms with Crippen molar-refractivity contribution in [1.29, 1.82) is 0 Å². The summed E-state index contributed by atoms with van der Waals surface area (Å²) in [6, 6.07) is 7.58. The van der Waals surface area contributed by atoms with Crippen LogP contribution in [0.3, 0.4) is 0 Å². The van der Waals surface area contributed by atoms with Crippen LogP contribution in [0.5, 0.6) is 0 Å². The number of rotatable bonds is 5. The van der Waals surface area contributed by atoms with Crippen LogP contribution < -0.4 is 10.5 Å². The van der Waals surface area contributed by atoms with Crippen LogP contribution in [0.1, 0.15) is 31.9 Å². The van der Waals surface area contributed by atoms with Crippen LogP contribution >= 0.6 is 0 Å². The molecule has 5 nitrogen and oxygen atoms in total. The highest BCUT2D eigenvalue weighted by atomic mass is 32.2. The largest absolute Gasteiger partial charge is 0.326 e. The summed E-state index contributed by atoms with van der Waals surface area (Å²) in [5.74, 6) is 0. The summed E-state index contributed by atoms with van der Waals surface area (Å²) in [6.45, 7) is 6.14. The number of hydrogen-bond donors (Lipinski definition) is 2. The zero-order valence-corrected chi connectivity index (χ0v) is 12.8. The van der Waals surface area contributed by atoms with E-state index in [9.17, 15) is 8.42 Å². The van der Waals surface area contributed by atoms with Crippen molar-refractivity contribution in [3.8, 4) is 0 Å². The summed E-state index contributed by atoms with van der Waals surface area (Å²) in [6.07, 6.45) is 0. The molecule has 108 valence electrons. The first-order valence-electron chi connectivity index (χ1n) is 6.18. The van der Waals surface area contributed by atoms with Gasteiger partial charge in [0.25, 0.3) is 10.2 Å². The van der Waals surface area contributed by atoms with Crippen molar-refractivity contribution >= 4 is 10.2 Å². The minimum absolute atomic E-state index is 0.304. The van der Waals surface area contributed by atoms with Gasteiger partial charge in [-0.05, 0) is 31.9 Å². The van der Waals surface area contributed by atoms with Crippen LogP contribution in [-0.2, 0) is 23.3 Å². The number of benzene rings is 1. The van der Waals surface area contributed by atoms with Crippen LogP contribution in [0.25, 0.3) is 0 Å². The molecule has 0 heterocycles. The molecule has 0 aliphatic carbocycles. The summed E-state index contributed by atoms with van der Waals surface area (Å²) in [5, 5.41) is 0. The van der Waals surface area contributed by atoms with Crippen molar-refractivity contribution in [3.05, 3.63) is 35.4 Å². The van der Waals surface area contributed by atoms with Crippen molar-refractivity contribution in [2.45, 2.75) is 39.4 Å². The second kappa shape index (κ2) is 6.00. The van der Waals surface area contributed by atoms with Crippen molar-refractivity contribution in [3.63, 3.8) is 0 Å². The third-order valence-electron chi connectivity index (χ3n) is 2.58. The molecule has 0 spiro atoms. The quantitative estimate of drug-likeness (QED) is 0.854. The molecule has 6 heteroatoms. The standard InChI is InChI=1S/C13H23N3O2S/c1-13(2,3)15-19(17,18)16(4)10-12-8-6-5-7-11(12)9-14/h5-8,15H,9-10,14H2,1-4H3. The Morgan fingerprint density at radius 2 is 1.74 bits per heavy atom. The molecule has 0 unspecified atom stereocenters. The molecule has 0 saturated carbocycles. The molecular formula is C13H23N3O2S. The maximum absolute atomic E-state index is 12.1. The Kier molecular flexibility index (Phi) is 5.09. The molecule has 0 atom stereocenters. The van der Waals surface area contributed by atoms with Gasteiger partial charge in [-0.1, -0.05) is 24.3 Å². The van der Waals surface area contributed by atoms with Gasteiger partial charge in [0.2, 0.25) is 0 Å². The zero-order chi connectivity index (χ0) is 14.7. The number of hydrogen-bond acceptors (Lipinski definition) is 3. The van der Waals surface area contributed by atoms with Crippen molar-refractivity contribution in [1.82, 2.24) is 9.03 Å². The zero-order valence-electron chi connectivity index (χ0n) is 12.0. The fraction of sp³-hybridized carbons (Fsp3) is 0.538. The molecule has 0 aliphatic rings. The first kappa shape index (κ1) is 16.1. The van der Waals surface area contributed by atoms with Gasteiger partial charge in [-0.25, -0.2) is 0 Å². The lowest BCUT2D eigenvalue weighted by Crippen LogP contribution is -2.47. The molecule has 1 aromatic rings. The first-order valence-corrected chi connectivity index (χ1v) is 7.62. The molecule has 1 rings (SSSR count). The van der Waals surface area contributed by atoms with E-state index in [0.29, 0.717) is 13.1 Å². The van der Waals surface area contributed by atoms with Crippen LogP contribution in [-0.4, -0.2) is 25.3 Å². The third kappa shape index (κ3) is 4.91. The van der Waals surface area contributed by atoms with Crippen molar-refractivity contribution in [2.24, 2.45) is 5.73 Å². The first-order chi connectivity index (χ1) is 8.65. The fourth-order valence-corrected chi connectivity index (χ4v) is 2.94. The van der Waals surface area contributed by atoms with E-state index in [1.807, 2.05) is 45.0 Å². The highest BCUT2D eigenvalue weighted by molar-refractivity contribution is 7.87. The smallest absolute Gasteiger partial charge is 0.279 e. The van der Waals surface area contributed by atoms with Crippen LogP contribution in [0, 0.1) is 0 Å². The van der Waals surface area contributed by atoms with Crippen molar-refractivity contribution in [2.75, 3.05) is 7.05 Å². The van der Waals surface area contributed by atoms with E-state index in [4.69, 9.17) is 5.73 Å². The van der Waals surface area contributed by atoms with Gasteiger partial charge in [-0.3, -0.25) is 0 Å². The summed E-state index contributed by atoms with van der Waals surface area (Å²) < 4.78 is 28.2. The lowest BCUT2D eigenvalue weighted by molar-refractivity contribution is 0.420. The molecule has 0 amide bonds. The number of nitrogens with two attached hydrogens (primary N) is 1. The van der Waals surface area contributed by atoms with Gasteiger partial charge in [0.1, 0.15) is 0 Å². The lowest BCUT2D eigenvalue weighted by atomic mass is 10.1. The molecular weight excluding hydrogens is 262 g/mol. The molecule has 0 fully saturated rings. The Bertz CT molecular complexity index is 521. The van der Waals surface area contributed by atoms with E-state index < -0.39 is 15.7 Å². The number of nitrogens with zero attached hydrogens (tertiary/aromatic N) is 1. The molecule has 3 N–H and O–H groups in total. The summed E-state index contributed by atoms with van der Waals surface area (Å²) in [5.41, 5.74) is 7.04. The van der Waals surface area contributed by atoms with Crippen LogP contribution in [0.15, 0.2) is 24.3 Å². The molecule has 0 saturated heterocycles. The predicted molar refractivity (Wildman–Crippen MR) is 77.6 cm³/mol. The van der Waals surface area contributed by atoms with Crippen molar-refractivity contribution < 1.29 is 8.42 Å². The Balaban J connectivity index is 2.87. The lowest BCUT2D eigenvalue weighted by Gasteiger charge is -2.25. The summed E-state index contributed by atoms with van der Waals surface area (Å²) in [4.78, 5) is 0. The molecule has 0 radical (unpaired) electrons. The molecule has 0 aromatic heterocycles. The van der Waals surface area contributed by atoms with E-state index in [-0.39, 0.29) is 0 Å². The van der Waals surface area contributed by atoms with Crippen LogP contribution in [0.2, 0.25) is 0 Å². The fourth-order valence-electron chi connectivity index (χ4n) is 1.70. The highest BCUT2D eigenvalue weighted by Gasteiger charge is 2.24. The monoisotopic (exact) mass is 285 g/mol. The Morgan fingerprint density at radius 3 is 2.21 bits per heavy atom. The molecule has 1 aromatic carbocycles. The topological polar surface area (TPSA) is 75.4 Å². The van der Waals surface area contributed by atoms with Gasteiger partial charge in [-0.2, -0.15) is 17.4 Å². The second-order valence-electron chi connectivity index (χ2n) is 5.59. The minimum Gasteiger partial charge on any atom is -0.326 e. The average molecular weight is 285 g/mol. The van der Waals surface area contributed by atoms with Gasteiger partial charge in [0, 0.05) is 25.7 Å². The molecule has 0 bridgehead atoms. The summed E-state index contributed by atoms with van der Waals surface area (Å²) >= 11 is 0. The molecule has 19 heavy (non-hydrogen) atoms. The maximum atomic E-state index is 12.1. The van der Waals surface area contributed by atoms with E-state index >= 15 is 0 Å². The van der Waals surface area contributed by atoms with Crippen LogP contribution in [0.4, 0.5) is 0 Å². The van der Waals surface area contributed by atoms with Gasteiger partial charge in [0.15, 0.2) is 0 Å². The minimum atomic E-state index is -3.50. The highest BCUT2D eigenvalue weighted by Crippen LogP contribution is 2.13. The maximum Gasteiger partial charge on any atom is 0.279 e. The van der Waals surface area contributed by atoms with Gasteiger partial charge in [0.05, 0.1) is 0 Å². The van der Waals surface area contributed by atoms with E-state index in [1.165, 1.54) is 4.31 Å². The predicted octanol–water partition coefficient (Wildman–Crippen LogP) is 1.21. The number of nitrogens with one attached hydrogen (secondary N) is 1. The van der Waals surface area contributed by atoms with E-state index in [2.05, 4.69) is 4.72 Å². The van der Waals surface area contributed by atoms with Gasteiger partial charge in [-0.15, -0.1) is 0 Å². The van der Waals surface area contributed by atoms with Gasteiger partial charge >= 0.3 is 0 Å². The third-order valence-corrected chi connectivity index (χ3v) is 4.40. The van der Waals surface area contributed by atoms with E-state index in [1.54, 1.807) is 7.05 Å². The SMILES string of the molecule is CN(Cc1ccccc1CN)S(=O)(=O)NC(C)(C)C. The van der Waals surface area contributed by atoms with E-state index in [0.717, 1.165) is 11.1 Å². The second-order valence-corrected chi connectivity index (χ2v) is 7.36. The molecule has 0 aliphatic heterocycles. The van der Waals surface area contributed by atoms with Gasteiger partial charge < -0.3 is 5.73 Å². The average Bonchev–Trinajstić information content (AvgIpc) is 2.26. The normalized spacial score (nSPS) is 12.9. The Morgan fingerprint density at radius 1 is 1.21 bits per heavy atom.